The molecule has 0 spiro atoms. The highest BCUT2D eigenvalue weighted by molar-refractivity contribution is 14.0. The van der Waals surface area contributed by atoms with Gasteiger partial charge < -0.3 is 15.7 Å². The Morgan fingerprint density at radius 3 is 2.50 bits per heavy atom. The standard InChI is InChI=1S/C18H28F3N3O.HI/c1-3-6-14(9-10-25)12-23-17(22-4-2)24-13-15-7-5-8-16(11-15)18(19,20)21;/h5,7-8,11,14,25H,3-4,6,9-10,12-13H2,1-2H3,(H2,22,23,24);1H. The van der Waals surface area contributed by atoms with Crippen LogP contribution in [0.2, 0.25) is 0 Å². The molecule has 0 heterocycles. The van der Waals surface area contributed by atoms with E-state index in [1.165, 1.54) is 6.07 Å². The summed E-state index contributed by atoms with van der Waals surface area (Å²) in [6, 6.07) is 5.21. The van der Waals surface area contributed by atoms with Gasteiger partial charge in [-0.1, -0.05) is 25.5 Å². The van der Waals surface area contributed by atoms with E-state index in [4.69, 9.17) is 5.11 Å². The van der Waals surface area contributed by atoms with E-state index >= 15 is 0 Å². The Hall–Kier alpha value is -1.03. The zero-order chi connectivity index (χ0) is 18.7. The molecule has 3 N–H and O–H groups in total. The van der Waals surface area contributed by atoms with Crippen LogP contribution in [0.5, 0.6) is 0 Å². The van der Waals surface area contributed by atoms with Crippen molar-refractivity contribution in [2.75, 3.05) is 19.7 Å². The first kappa shape index (κ1) is 25.0. The Balaban J connectivity index is 0.00000625. The molecule has 0 fully saturated rings. The van der Waals surface area contributed by atoms with Crippen molar-refractivity contribution < 1.29 is 18.3 Å². The predicted octanol–water partition coefficient (Wildman–Crippen LogP) is 4.18. The SMILES string of the molecule is CCCC(CCO)CNC(=NCc1cccc(C(F)(F)F)c1)NCC.I. The Labute approximate surface area is 170 Å². The van der Waals surface area contributed by atoms with Crippen LogP contribution in [0.1, 0.15) is 44.2 Å². The lowest BCUT2D eigenvalue weighted by atomic mass is 10.0. The average Bonchev–Trinajstić information content (AvgIpc) is 2.57. The summed E-state index contributed by atoms with van der Waals surface area (Å²) in [7, 11) is 0. The number of aliphatic hydroxyl groups excluding tert-OH is 1. The summed E-state index contributed by atoms with van der Waals surface area (Å²) < 4.78 is 38.3. The third-order valence-electron chi connectivity index (χ3n) is 3.81. The van der Waals surface area contributed by atoms with Gasteiger partial charge in [-0.05, 0) is 43.4 Å². The van der Waals surface area contributed by atoms with E-state index < -0.39 is 11.7 Å². The molecular formula is C18H29F3IN3O. The summed E-state index contributed by atoms with van der Waals surface area (Å²) in [4.78, 5) is 4.36. The van der Waals surface area contributed by atoms with Gasteiger partial charge in [0.2, 0.25) is 0 Å². The quantitative estimate of drug-likeness (QED) is 0.279. The Morgan fingerprint density at radius 1 is 1.19 bits per heavy atom. The average molecular weight is 487 g/mol. The molecule has 1 aromatic carbocycles. The Bertz CT molecular complexity index is 533. The minimum Gasteiger partial charge on any atom is -0.396 e. The fourth-order valence-electron chi connectivity index (χ4n) is 2.54. The van der Waals surface area contributed by atoms with Crippen molar-refractivity contribution in [3.8, 4) is 0 Å². The lowest BCUT2D eigenvalue weighted by molar-refractivity contribution is -0.137. The van der Waals surface area contributed by atoms with E-state index in [-0.39, 0.29) is 37.1 Å². The van der Waals surface area contributed by atoms with Crippen LogP contribution in [0.25, 0.3) is 0 Å². The summed E-state index contributed by atoms with van der Waals surface area (Å²) in [5, 5.41) is 15.4. The molecule has 0 radical (unpaired) electrons. The number of hydrogen-bond acceptors (Lipinski definition) is 2. The zero-order valence-corrected chi connectivity index (χ0v) is 17.6. The molecule has 1 unspecified atom stereocenters. The maximum atomic E-state index is 12.8. The Kier molecular flexibility index (Phi) is 12.7. The number of aliphatic imine (C=N–C) groups is 1. The van der Waals surface area contributed by atoms with Gasteiger partial charge in [0.15, 0.2) is 5.96 Å². The number of hydrogen-bond donors (Lipinski definition) is 3. The van der Waals surface area contributed by atoms with Gasteiger partial charge >= 0.3 is 6.18 Å². The monoisotopic (exact) mass is 487 g/mol. The first-order valence-corrected chi connectivity index (χ1v) is 8.69. The van der Waals surface area contributed by atoms with Crippen molar-refractivity contribution in [2.45, 2.75) is 45.8 Å². The summed E-state index contributed by atoms with van der Waals surface area (Å²) >= 11 is 0. The van der Waals surface area contributed by atoms with Gasteiger partial charge in [-0.25, -0.2) is 4.99 Å². The van der Waals surface area contributed by atoms with Gasteiger partial charge in [0.1, 0.15) is 0 Å². The van der Waals surface area contributed by atoms with Crippen LogP contribution in [0, 0.1) is 5.92 Å². The number of benzene rings is 1. The molecule has 26 heavy (non-hydrogen) atoms. The highest BCUT2D eigenvalue weighted by Gasteiger charge is 2.30. The number of nitrogens with one attached hydrogen (secondary N) is 2. The van der Waals surface area contributed by atoms with Crippen molar-refractivity contribution >= 4 is 29.9 Å². The summed E-state index contributed by atoms with van der Waals surface area (Å²) in [5.74, 6) is 0.909. The van der Waals surface area contributed by atoms with Gasteiger partial charge in [0.25, 0.3) is 0 Å². The number of halogens is 4. The zero-order valence-electron chi connectivity index (χ0n) is 15.3. The molecule has 0 saturated heterocycles. The maximum Gasteiger partial charge on any atom is 0.416 e. The van der Waals surface area contributed by atoms with Gasteiger partial charge in [0, 0.05) is 19.7 Å². The maximum absolute atomic E-state index is 12.8. The predicted molar refractivity (Wildman–Crippen MR) is 110 cm³/mol. The molecule has 0 bridgehead atoms. The Morgan fingerprint density at radius 2 is 1.92 bits per heavy atom. The fourth-order valence-corrected chi connectivity index (χ4v) is 2.54. The molecule has 150 valence electrons. The number of aliphatic hydroxyl groups is 1. The lowest BCUT2D eigenvalue weighted by Gasteiger charge is -2.18. The van der Waals surface area contributed by atoms with Crippen LogP contribution in [-0.2, 0) is 12.7 Å². The van der Waals surface area contributed by atoms with Crippen molar-refractivity contribution in [1.82, 2.24) is 10.6 Å². The van der Waals surface area contributed by atoms with Gasteiger partial charge in [0.05, 0.1) is 12.1 Å². The molecule has 0 aliphatic rings. The van der Waals surface area contributed by atoms with Crippen LogP contribution in [0.3, 0.4) is 0 Å². The fraction of sp³-hybridized carbons (Fsp3) is 0.611. The molecule has 1 atom stereocenters. The second-order valence-corrected chi connectivity index (χ2v) is 5.94. The smallest absolute Gasteiger partial charge is 0.396 e. The molecule has 0 aromatic heterocycles. The van der Waals surface area contributed by atoms with Crippen LogP contribution >= 0.6 is 24.0 Å². The van der Waals surface area contributed by atoms with Crippen molar-refractivity contribution in [3.63, 3.8) is 0 Å². The van der Waals surface area contributed by atoms with Gasteiger partial charge in [-0.3, -0.25) is 0 Å². The van der Waals surface area contributed by atoms with Crippen LogP contribution < -0.4 is 10.6 Å². The summed E-state index contributed by atoms with van der Waals surface area (Å²) in [6.07, 6.45) is -1.60. The highest BCUT2D eigenvalue weighted by atomic mass is 127. The van der Waals surface area contributed by atoms with Crippen molar-refractivity contribution in [2.24, 2.45) is 10.9 Å². The van der Waals surface area contributed by atoms with Crippen LogP contribution in [-0.4, -0.2) is 30.8 Å². The van der Waals surface area contributed by atoms with Crippen LogP contribution in [0.15, 0.2) is 29.3 Å². The number of guanidine groups is 1. The minimum atomic E-state index is -4.35. The first-order valence-electron chi connectivity index (χ1n) is 8.69. The van der Waals surface area contributed by atoms with Gasteiger partial charge in [-0.15, -0.1) is 24.0 Å². The third kappa shape index (κ3) is 9.61. The molecule has 0 aliphatic heterocycles. The summed E-state index contributed by atoms with van der Waals surface area (Å²) in [5.41, 5.74) is -0.156. The minimum absolute atomic E-state index is 0. The van der Waals surface area contributed by atoms with E-state index in [1.54, 1.807) is 6.07 Å². The van der Waals surface area contributed by atoms with E-state index in [0.717, 1.165) is 25.0 Å². The second kappa shape index (κ2) is 13.2. The molecule has 4 nitrogen and oxygen atoms in total. The normalized spacial score (nSPS) is 13.1. The molecule has 1 rings (SSSR count). The first-order chi connectivity index (χ1) is 11.9. The molecule has 0 aliphatic carbocycles. The van der Waals surface area contributed by atoms with E-state index in [1.807, 2.05) is 6.92 Å². The van der Waals surface area contributed by atoms with E-state index in [0.29, 0.717) is 37.0 Å². The van der Waals surface area contributed by atoms with Crippen molar-refractivity contribution in [1.29, 1.82) is 0 Å². The molecule has 1 aromatic rings. The van der Waals surface area contributed by atoms with Gasteiger partial charge in [-0.2, -0.15) is 13.2 Å². The topological polar surface area (TPSA) is 56.6 Å². The molecular weight excluding hydrogens is 458 g/mol. The van der Waals surface area contributed by atoms with E-state index in [9.17, 15) is 13.2 Å². The molecule has 0 amide bonds. The number of rotatable bonds is 9. The second-order valence-electron chi connectivity index (χ2n) is 5.94. The lowest BCUT2D eigenvalue weighted by Crippen LogP contribution is -2.40. The third-order valence-corrected chi connectivity index (χ3v) is 3.81. The number of alkyl halides is 3. The van der Waals surface area contributed by atoms with Crippen molar-refractivity contribution in [3.05, 3.63) is 35.4 Å². The molecule has 0 saturated carbocycles. The summed E-state index contributed by atoms with van der Waals surface area (Å²) in [6.45, 7) is 5.66. The number of nitrogens with zero attached hydrogens (tertiary/aromatic N) is 1. The highest BCUT2D eigenvalue weighted by Crippen LogP contribution is 2.29. The van der Waals surface area contributed by atoms with Crippen LogP contribution in [0.4, 0.5) is 13.2 Å². The van der Waals surface area contributed by atoms with E-state index in [2.05, 4.69) is 22.5 Å². The molecule has 8 heteroatoms. The largest absolute Gasteiger partial charge is 0.416 e.